The van der Waals surface area contributed by atoms with Crippen molar-refractivity contribution in [3.63, 3.8) is 0 Å². The monoisotopic (exact) mass is 309 g/mol. The van der Waals surface area contributed by atoms with E-state index in [-0.39, 0.29) is 0 Å². The Morgan fingerprint density at radius 3 is 2.67 bits per heavy atom. The summed E-state index contributed by atoms with van der Waals surface area (Å²) in [5.41, 5.74) is 1.39. The lowest BCUT2D eigenvalue weighted by Crippen LogP contribution is -2.27. The van der Waals surface area contributed by atoms with Crippen molar-refractivity contribution in [1.82, 2.24) is 5.32 Å². The average Bonchev–Trinajstić information content (AvgIpc) is 3.22. The Morgan fingerprint density at radius 1 is 1.17 bits per heavy atom. The van der Waals surface area contributed by atoms with E-state index in [1.54, 1.807) is 0 Å². The first-order valence-electron chi connectivity index (χ1n) is 6.96. The van der Waals surface area contributed by atoms with Gasteiger partial charge in [0.1, 0.15) is 5.75 Å². The van der Waals surface area contributed by atoms with E-state index in [1.807, 2.05) is 0 Å². The predicted octanol–water partition coefficient (Wildman–Crippen LogP) is 3.70. The zero-order valence-corrected chi connectivity index (χ0v) is 12.2. The molecule has 2 aliphatic rings. The molecule has 18 heavy (non-hydrogen) atoms. The Bertz CT molecular complexity index is 411. The Labute approximate surface area is 117 Å². The molecule has 0 atom stereocenters. The fourth-order valence-corrected chi connectivity index (χ4v) is 3.11. The molecular weight excluding hydrogens is 290 g/mol. The molecule has 2 fully saturated rings. The van der Waals surface area contributed by atoms with Crippen LogP contribution in [-0.2, 0) is 0 Å². The summed E-state index contributed by atoms with van der Waals surface area (Å²) in [6.07, 6.45) is 5.12. The molecule has 1 heterocycles. The van der Waals surface area contributed by atoms with E-state index in [2.05, 4.69) is 39.4 Å². The van der Waals surface area contributed by atoms with Gasteiger partial charge in [-0.25, -0.2) is 0 Å². The van der Waals surface area contributed by atoms with Gasteiger partial charge in [0.2, 0.25) is 0 Å². The number of hydrogen-bond donors (Lipinski definition) is 1. The standard InChI is InChI=1S/C15H20BrNO/c16-14-3-1-2-13(12-6-8-17-9-7-12)15(14)18-10-11-4-5-11/h1-3,11-12,17H,4-10H2. The number of piperidine rings is 1. The van der Waals surface area contributed by atoms with Crippen LogP contribution in [0.5, 0.6) is 5.75 Å². The van der Waals surface area contributed by atoms with Crippen molar-refractivity contribution in [1.29, 1.82) is 0 Å². The second-order valence-electron chi connectivity index (χ2n) is 5.44. The summed E-state index contributed by atoms with van der Waals surface area (Å²) in [6, 6.07) is 6.46. The fraction of sp³-hybridized carbons (Fsp3) is 0.600. The van der Waals surface area contributed by atoms with E-state index in [0.29, 0.717) is 5.92 Å². The molecular formula is C15H20BrNO. The normalized spacial score (nSPS) is 20.9. The third kappa shape index (κ3) is 2.89. The summed E-state index contributed by atoms with van der Waals surface area (Å²) in [7, 11) is 0. The van der Waals surface area contributed by atoms with Gasteiger partial charge < -0.3 is 10.1 Å². The summed E-state index contributed by atoms with van der Waals surface area (Å²) in [4.78, 5) is 0. The van der Waals surface area contributed by atoms with Crippen LogP contribution < -0.4 is 10.1 Å². The highest BCUT2D eigenvalue weighted by atomic mass is 79.9. The number of para-hydroxylation sites is 1. The molecule has 0 unspecified atom stereocenters. The zero-order valence-electron chi connectivity index (χ0n) is 10.6. The predicted molar refractivity (Wildman–Crippen MR) is 77.2 cm³/mol. The van der Waals surface area contributed by atoms with Crippen molar-refractivity contribution < 1.29 is 4.74 Å². The third-order valence-corrected chi connectivity index (χ3v) is 4.56. The van der Waals surface area contributed by atoms with Crippen molar-refractivity contribution in [2.75, 3.05) is 19.7 Å². The van der Waals surface area contributed by atoms with Crippen molar-refractivity contribution >= 4 is 15.9 Å². The second-order valence-corrected chi connectivity index (χ2v) is 6.29. The molecule has 0 amide bonds. The minimum atomic E-state index is 0.651. The molecule has 1 aliphatic heterocycles. The molecule has 3 heteroatoms. The van der Waals surface area contributed by atoms with E-state index in [1.165, 1.54) is 31.2 Å². The maximum absolute atomic E-state index is 6.08. The Hall–Kier alpha value is -0.540. The van der Waals surface area contributed by atoms with Crippen molar-refractivity contribution in [2.24, 2.45) is 5.92 Å². The van der Waals surface area contributed by atoms with E-state index in [0.717, 1.165) is 35.8 Å². The van der Waals surface area contributed by atoms with Gasteiger partial charge in [-0.15, -0.1) is 0 Å². The van der Waals surface area contributed by atoms with Gasteiger partial charge in [0.25, 0.3) is 0 Å². The van der Waals surface area contributed by atoms with E-state index in [9.17, 15) is 0 Å². The lowest BCUT2D eigenvalue weighted by atomic mass is 9.89. The van der Waals surface area contributed by atoms with Gasteiger partial charge >= 0.3 is 0 Å². The number of hydrogen-bond acceptors (Lipinski definition) is 2. The summed E-state index contributed by atoms with van der Waals surface area (Å²) < 4.78 is 7.19. The number of ether oxygens (including phenoxy) is 1. The first-order valence-corrected chi connectivity index (χ1v) is 7.76. The van der Waals surface area contributed by atoms with Crippen LogP contribution in [0.25, 0.3) is 0 Å². The topological polar surface area (TPSA) is 21.3 Å². The highest BCUT2D eigenvalue weighted by molar-refractivity contribution is 9.10. The Balaban J connectivity index is 1.79. The van der Waals surface area contributed by atoms with Gasteiger partial charge in [-0.05, 0) is 78.2 Å². The van der Waals surface area contributed by atoms with Crippen LogP contribution in [-0.4, -0.2) is 19.7 Å². The van der Waals surface area contributed by atoms with Crippen LogP contribution in [0.1, 0.15) is 37.2 Å². The van der Waals surface area contributed by atoms with Gasteiger partial charge in [0, 0.05) is 0 Å². The van der Waals surface area contributed by atoms with E-state index in [4.69, 9.17) is 4.74 Å². The van der Waals surface area contributed by atoms with Gasteiger partial charge in [-0.3, -0.25) is 0 Å². The van der Waals surface area contributed by atoms with Crippen molar-refractivity contribution in [2.45, 2.75) is 31.6 Å². The molecule has 3 rings (SSSR count). The fourth-order valence-electron chi connectivity index (χ4n) is 2.62. The average molecular weight is 310 g/mol. The Kier molecular flexibility index (Phi) is 3.90. The number of nitrogens with one attached hydrogen (secondary N) is 1. The highest BCUT2D eigenvalue weighted by Gasteiger charge is 2.25. The molecule has 1 saturated heterocycles. The molecule has 1 aliphatic carbocycles. The minimum absolute atomic E-state index is 0.651. The van der Waals surface area contributed by atoms with Gasteiger partial charge in [-0.1, -0.05) is 12.1 Å². The maximum atomic E-state index is 6.08. The first kappa shape index (κ1) is 12.5. The van der Waals surface area contributed by atoms with Crippen LogP contribution in [0.2, 0.25) is 0 Å². The lowest BCUT2D eigenvalue weighted by Gasteiger charge is -2.25. The van der Waals surface area contributed by atoms with Crippen LogP contribution in [0.3, 0.4) is 0 Å². The first-order chi connectivity index (χ1) is 8.84. The summed E-state index contributed by atoms with van der Waals surface area (Å²) >= 11 is 3.64. The molecule has 1 saturated carbocycles. The highest BCUT2D eigenvalue weighted by Crippen LogP contribution is 2.39. The van der Waals surface area contributed by atoms with Gasteiger partial charge in [-0.2, -0.15) is 0 Å². The molecule has 2 nitrogen and oxygen atoms in total. The SMILES string of the molecule is Brc1cccc(C2CCNCC2)c1OCC1CC1. The molecule has 0 aromatic heterocycles. The van der Waals surface area contributed by atoms with Crippen LogP contribution in [0.15, 0.2) is 22.7 Å². The van der Waals surface area contributed by atoms with Crippen LogP contribution >= 0.6 is 15.9 Å². The molecule has 0 radical (unpaired) electrons. The lowest BCUT2D eigenvalue weighted by molar-refractivity contribution is 0.290. The summed E-state index contributed by atoms with van der Waals surface area (Å²) in [5.74, 6) is 2.55. The third-order valence-electron chi connectivity index (χ3n) is 3.94. The van der Waals surface area contributed by atoms with E-state index < -0.39 is 0 Å². The number of rotatable bonds is 4. The second kappa shape index (κ2) is 5.62. The summed E-state index contributed by atoms with van der Waals surface area (Å²) in [6.45, 7) is 3.14. The molecule has 0 spiro atoms. The smallest absolute Gasteiger partial charge is 0.136 e. The quantitative estimate of drug-likeness (QED) is 0.915. The van der Waals surface area contributed by atoms with Crippen LogP contribution in [0, 0.1) is 5.92 Å². The molecule has 0 bridgehead atoms. The van der Waals surface area contributed by atoms with Gasteiger partial charge in [0.15, 0.2) is 0 Å². The molecule has 98 valence electrons. The number of benzene rings is 1. The van der Waals surface area contributed by atoms with Crippen molar-refractivity contribution in [3.8, 4) is 5.75 Å². The minimum Gasteiger partial charge on any atom is -0.492 e. The summed E-state index contributed by atoms with van der Waals surface area (Å²) in [5, 5.41) is 3.43. The number of halogens is 1. The van der Waals surface area contributed by atoms with Crippen LogP contribution in [0.4, 0.5) is 0 Å². The molecule has 1 N–H and O–H groups in total. The maximum Gasteiger partial charge on any atom is 0.136 e. The molecule has 1 aromatic carbocycles. The largest absolute Gasteiger partial charge is 0.492 e. The van der Waals surface area contributed by atoms with Gasteiger partial charge in [0.05, 0.1) is 11.1 Å². The van der Waals surface area contributed by atoms with E-state index >= 15 is 0 Å². The Morgan fingerprint density at radius 2 is 1.94 bits per heavy atom. The molecule has 1 aromatic rings. The van der Waals surface area contributed by atoms with Crippen molar-refractivity contribution in [3.05, 3.63) is 28.2 Å². The zero-order chi connectivity index (χ0) is 12.4.